The maximum atomic E-state index is 11.9. The molecule has 0 radical (unpaired) electrons. The number of amides is 1. The highest BCUT2D eigenvalue weighted by molar-refractivity contribution is 5.85. The van der Waals surface area contributed by atoms with Crippen molar-refractivity contribution in [1.82, 2.24) is 4.90 Å². The Balaban J connectivity index is 0.00000324. The number of carbonyl (C=O) groups is 1. The smallest absolute Gasteiger partial charge is 0.253 e. The van der Waals surface area contributed by atoms with Crippen LogP contribution in [0.2, 0.25) is 0 Å². The lowest BCUT2D eigenvalue weighted by Crippen LogP contribution is -2.41. The van der Waals surface area contributed by atoms with E-state index in [9.17, 15) is 4.79 Å². The van der Waals surface area contributed by atoms with Crippen LogP contribution in [0.4, 0.5) is 0 Å². The molecule has 0 heterocycles. The highest BCUT2D eigenvalue weighted by Crippen LogP contribution is 2.13. The number of rotatable bonds is 6. The average molecular weight is 289 g/mol. The summed E-state index contributed by atoms with van der Waals surface area (Å²) in [5.74, 6) is 0.681. The molecule has 0 aliphatic carbocycles. The number of ether oxygens (including phenoxy) is 2. The monoisotopic (exact) mass is 288 g/mol. The Morgan fingerprint density at radius 1 is 1.32 bits per heavy atom. The van der Waals surface area contributed by atoms with Gasteiger partial charge in [-0.15, -0.1) is 12.4 Å². The molecule has 1 atom stereocenters. The molecule has 1 aromatic carbocycles. The molecule has 1 aromatic rings. The number of carbonyl (C=O) groups excluding carboxylic acids is 1. The minimum absolute atomic E-state index is 0. The standard InChI is InChI=1S/C13H20N2O3.ClH/c1-15(13(16)12(8-14)18-3)9-10-4-6-11(17-2)7-5-10;/h4-7,12H,8-9,14H2,1-3H3;1H. The molecule has 5 nitrogen and oxygen atoms in total. The Bertz CT molecular complexity index is 380. The van der Waals surface area contributed by atoms with Crippen molar-refractivity contribution >= 4 is 18.3 Å². The van der Waals surface area contributed by atoms with Crippen LogP contribution in [0.25, 0.3) is 0 Å². The summed E-state index contributed by atoms with van der Waals surface area (Å²) in [6.45, 7) is 0.699. The second-order valence-electron chi connectivity index (χ2n) is 4.00. The number of halogens is 1. The van der Waals surface area contributed by atoms with Gasteiger partial charge >= 0.3 is 0 Å². The number of hydrogen-bond donors (Lipinski definition) is 1. The zero-order chi connectivity index (χ0) is 13.5. The minimum atomic E-state index is -0.576. The fourth-order valence-corrected chi connectivity index (χ4v) is 1.63. The Morgan fingerprint density at radius 3 is 2.32 bits per heavy atom. The predicted octanol–water partition coefficient (Wildman–Crippen LogP) is 1.05. The molecule has 1 amide bonds. The second-order valence-corrected chi connectivity index (χ2v) is 4.00. The van der Waals surface area contributed by atoms with Crippen molar-refractivity contribution in [1.29, 1.82) is 0 Å². The molecule has 0 bridgehead atoms. The molecule has 108 valence electrons. The third-order valence-corrected chi connectivity index (χ3v) is 2.73. The van der Waals surface area contributed by atoms with Gasteiger partial charge in [-0.2, -0.15) is 0 Å². The summed E-state index contributed by atoms with van der Waals surface area (Å²) in [6.07, 6.45) is -0.576. The first-order chi connectivity index (χ1) is 8.62. The van der Waals surface area contributed by atoms with Gasteiger partial charge in [0.15, 0.2) is 0 Å². The topological polar surface area (TPSA) is 64.8 Å². The van der Waals surface area contributed by atoms with Gasteiger partial charge in [0.1, 0.15) is 11.9 Å². The molecule has 6 heteroatoms. The molecule has 19 heavy (non-hydrogen) atoms. The molecule has 0 saturated heterocycles. The van der Waals surface area contributed by atoms with E-state index in [1.165, 1.54) is 7.11 Å². The van der Waals surface area contributed by atoms with E-state index in [1.54, 1.807) is 19.1 Å². The summed E-state index contributed by atoms with van der Waals surface area (Å²) in [4.78, 5) is 13.5. The number of hydrogen-bond acceptors (Lipinski definition) is 4. The lowest BCUT2D eigenvalue weighted by atomic mass is 10.2. The Kier molecular flexibility index (Phi) is 8.14. The number of nitrogens with zero attached hydrogens (tertiary/aromatic N) is 1. The first-order valence-corrected chi connectivity index (χ1v) is 5.73. The molecule has 2 N–H and O–H groups in total. The van der Waals surface area contributed by atoms with E-state index in [2.05, 4.69) is 0 Å². The van der Waals surface area contributed by atoms with Crippen molar-refractivity contribution in [2.45, 2.75) is 12.6 Å². The highest BCUT2D eigenvalue weighted by Gasteiger charge is 2.19. The van der Waals surface area contributed by atoms with Crippen molar-refractivity contribution in [3.8, 4) is 5.75 Å². The van der Waals surface area contributed by atoms with E-state index in [0.717, 1.165) is 11.3 Å². The molecule has 0 saturated carbocycles. The van der Waals surface area contributed by atoms with Crippen molar-refractivity contribution in [3.05, 3.63) is 29.8 Å². The van der Waals surface area contributed by atoms with Gasteiger partial charge in [0.25, 0.3) is 5.91 Å². The number of methoxy groups -OCH3 is 2. The zero-order valence-corrected chi connectivity index (χ0v) is 12.3. The van der Waals surface area contributed by atoms with Crippen molar-refractivity contribution < 1.29 is 14.3 Å². The van der Waals surface area contributed by atoms with Crippen molar-refractivity contribution in [2.24, 2.45) is 5.73 Å². The lowest BCUT2D eigenvalue weighted by molar-refractivity contribution is -0.140. The highest BCUT2D eigenvalue weighted by atomic mass is 35.5. The van der Waals surface area contributed by atoms with Gasteiger partial charge in [0, 0.05) is 27.2 Å². The Morgan fingerprint density at radius 2 is 1.89 bits per heavy atom. The fourth-order valence-electron chi connectivity index (χ4n) is 1.63. The van der Waals surface area contributed by atoms with Crippen LogP contribution in [0.3, 0.4) is 0 Å². The summed E-state index contributed by atoms with van der Waals surface area (Å²) in [5, 5.41) is 0. The van der Waals surface area contributed by atoms with Gasteiger partial charge < -0.3 is 20.1 Å². The molecule has 0 aliphatic rings. The van der Waals surface area contributed by atoms with Crippen LogP contribution in [-0.4, -0.2) is 44.7 Å². The van der Waals surface area contributed by atoms with Gasteiger partial charge in [0.05, 0.1) is 7.11 Å². The predicted molar refractivity (Wildman–Crippen MR) is 76.6 cm³/mol. The first kappa shape index (κ1) is 17.7. The quantitative estimate of drug-likeness (QED) is 0.850. The summed E-state index contributed by atoms with van der Waals surface area (Å²) in [6, 6.07) is 7.58. The lowest BCUT2D eigenvalue weighted by Gasteiger charge is -2.22. The molecule has 0 spiro atoms. The summed E-state index contributed by atoms with van der Waals surface area (Å²) < 4.78 is 10.1. The summed E-state index contributed by atoms with van der Waals surface area (Å²) in [7, 11) is 4.83. The summed E-state index contributed by atoms with van der Waals surface area (Å²) >= 11 is 0. The summed E-state index contributed by atoms with van der Waals surface area (Å²) in [5.41, 5.74) is 6.49. The Hall–Kier alpha value is -1.30. The molecule has 0 aliphatic heterocycles. The largest absolute Gasteiger partial charge is 0.497 e. The van der Waals surface area contributed by atoms with Gasteiger partial charge in [0.2, 0.25) is 0 Å². The van der Waals surface area contributed by atoms with E-state index < -0.39 is 6.10 Å². The average Bonchev–Trinajstić information content (AvgIpc) is 2.40. The van der Waals surface area contributed by atoms with Crippen LogP contribution < -0.4 is 10.5 Å². The number of nitrogens with two attached hydrogens (primary N) is 1. The minimum Gasteiger partial charge on any atom is -0.497 e. The fraction of sp³-hybridized carbons (Fsp3) is 0.462. The van der Waals surface area contributed by atoms with Crippen LogP contribution in [0.15, 0.2) is 24.3 Å². The van der Waals surface area contributed by atoms with E-state index in [1.807, 2.05) is 24.3 Å². The van der Waals surface area contributed by atoms with Crippen LogP contribution >= 0.6 is 12.4 Å². The van der Waals surface area contributed by atoms with Gasteiger partial charge in [-0.3, -0.25) is 4.79 Å². The number of likely N-dealkylation sites (N-methyl/N-ethyl adjacent to an activating group) is 1. The van der Waals surface area contributed by atoms with E-state index in [0.29, 0.717) is 6.54 Å². The van der Waals surface area contributed by atoms with Crippen LogP contribution in [0.5, 0.6) is 5.75 Å². The molecule has 0 fully saturated rings. The van der Waals surface area contributed by atoms with Gasteiger partial charge in [-0.25, -0.2) is 0 Å². The maximum Gasteiger partial charge on any atom is 0.253 e. The van der Waals surface area contributed by atoms with Gasteiger partial charge in [-0.1, -0.05) is 12.1 Å². The van der Waals surface area contributed by atoms with Crippen LogP contribution in [0, 0.1) is 0 Å². The third-order valence-electron chi connectivity index (χ3n) is 2.73. The zero-order valence-electron chi connectivity index (χ0n) is 11.5. The SMILES string of the molecule is COc1ccc(CN(C)C(=O)C(CN)OC)cc1.Cl. The first-order valence-electron chi connectivity index (χ1n) is 5.73. The second kappa shape index (κ2) is 8.74. The third kappa shape index (κ3) is 5.06. The van der Waals surface area contributed by atoms with Crippen molar-refractivity contribution in [2.75, 3.05) is 27.8 Å². The molecular formula is C13H21ClN2O3. The molecule has 1 rings (SSSR count). The Labute approximate surface area is 120 Å². The molecule has 1 unspecified atom stereocenters. The number of benzene rings is 1. The van der Waals surface area contributed by atoms with E-state index in [4.69, 9.17) is 15.2 Å². The van der Waals surface area contributed by atoms with Crippen molar-refractivity contribution in [3.63, 3.8) is 0 Å². The van der Waals surface area contributed by atoms with Crippen LogP contribution in [0.1, 0.15) is 5.56 Å². The van der Waals surface area contributed by atoms with E-state index in [-0.39, 0.29) is 24.9 Å². The molecule has 0 aromatic heterocycles. The van der Waals surface area contributed by atoms with Crippen LogP contribution in [-0.2, 0) is 16.1 Å². The van der Waals surface area contributed by atoms with E-state index >= 15 is 0 Å². The normalized spacial score (nSPS) is 11.4. The van der Waals surface area contributed by atoms with Gasteiger partial charge in [-0.05, 0) is 17.7 Å². The maximum absolute atomic E-state index is 11.9. The molecular weight excluding hydrogens is 268 g/mol.